The van der Waals surface area contributed by atoms with Crippen molar-refractivity contribution in [2.45, 2.75) is 0 Å². The lowest BCUT2D eigenvalue weighted by Crippen LogP contribution is -2.02. The second-order valence-electron chi connectivity index (χ2n) is 3.31. The van der Waals surface area contributed by atoms with Crippen LogP contribution in [0, 0.1) is 0 Å². The first kappa shape index (κ1) is 11.5. The van der Waals surface area contributed by atoms with Crippen LogP contribution in [0.15, 0.2) is 36.8 Å². The van der Waals surface area contributed by atoms with Gasteiger partial charge in [-0.25, -0.2) is 4.98 Å². The third-order valence-electron chi connectivity index (χ3n) is 2.20. The molecule has 0 unspecified atom stereocenters. The number of rotatable bonds is 3. The maximum absolute atomic E-state index is 12.0. The van der Waals surface area contributed by atoms with E-state index in [-0.39, 0.29) is 5.78 Å². The summed E-state index contributed by atoms with van der Waals surface area (Å²) in [6.45, 7) is 0. The van der Waals surface area contributed by atoms with E-state index in [1.807, 2.05) is 0 Å². The molecule has 0 aliphatic rings. The molecule has 0 saturated heterocycles. The Labute approximate surface area is 103 Å². The highest BCUT2D eigenvalue weighted by molar-refractivity contribution is 6.29. The zero-order chi connectivity index (χ0) is 12.3. The minimum absolute atomic E-state index is 0.166. The van der Waals surface area contributed by atoms with Gasteiger partial charge in [-0.3, -0.25) is 9.78 Å². The predicted molar refractivity (Wildman–Crippen MR) is 63.5 cm³/mol. The van der Waals surface area contributed by atoms with Crippen molar-refractivity contribution < 1.29 is 9.53 Å². The number of ether oxygens (including phenoxy) is 1. The summed E-state index contributed by atoms with van der Waals surface area (Å²) in [5, 5.41) is 0.352. The van der Waals surface area contributed by atoms with Crippen molar-refractivity contribution in [2.75, 3.05) is 7.11 Å². The molecule has 0 saturated carbocycles. The van der Waals surface area contributed by atoms with Crippen LogP contribution in [-0.2, 0) is 0 Å². The first-order valence-electron chi connectivity index (χ1n) is 4.86. The normalized spacial score (nSPS) is 10.0. The first-order valence-corrected chi connectivity index (χ1v) is 5.24. The summed E-state index contributed by atoms with van der Waals surface area (Å²) >= 11 is 5.66. The Morgan fingerprint density at radius 3 is 2.71 bits per heavy atom. The number of carbonyl (C=O) groups is 1. The molecule has 0 aliphatic carbocycles. The van der Waals surface area contributed by atoms with Crippen LogP contribution in [0.1, 0.15) is 15.9 Å². The van der Waals surface area contributed by atoms with Crippen LogP contribution in [0.2, 0.25) is 5.15 Å². The average Bonchev–Trinajstić information content (AvgIpc) is 2.39. The van der Waals surface area contributed by atoms with Crippen LogP contribution in [0.25, 0.3) is 0 Å². The Morgan fingerprint density at radius 2 is 2.06 bits per heavy atom. The van der Waals surface area contributed by atoms with E-state index in [0.29, 0.717) is 22.0 Å². The fourth-order valence-electron chi connectivity index (χ4n) is 1.33. The van der Waals surface area contributed by atoms with Gasteiger partial charge >= 0.3 is 0 Å². The summed E-state index contributed by atoms with van der Waals surface area (Å²) in [5.41, 5.74) is 0.915. The third-order valence-corrected chi connectivity index (χ3v) is 2.42. The van der Waals surface area contributed by atoms with E-state index in [0.717, 1.165) is 0 Å². The van der Waals surface area contributed by atoms with Crippen molar-refractivity contribution in [3.63, 3.8) is 0 Å². The van der Waals surface area contributed by atoms with E-state index >= 15 is 0 Å². The molecule has 0 bridgehead atoms. The number of nitrogens with zero attached hydrogens (tertiary/aromatic N) is 2. The van der Waals surface area contributed by atoms with Crippen LogP contribution in [0.4, 0.5) is 0 Å². The average molecular weight is 249 g/mol. The molecule has 2 heterocycles. The molecule has 2 rings (SSSR count). The zero-order valence-electron chi connectivity index (χ0n) is 9.05. The Morgan fingerprint density at radius 1 is 1.24 bits per heavy atom. The van der Waals surface area contributed by atoms with Crippen molar-refractivity contribution >= 4 is 17.4 Å². The molecule has 86 valence electrons. The van der Waals surface area contributed by atoms with Gasteiger partial charge in [-0.2, -0.15) is 0 Å². The standard InChI is InChI=1S/C12H9ClN2O2/c1-17-10-4-9(5-14-7-10)12(16)8-2-3-11(13)15-6-8/h2-7H,1H3. The molecular formula is C12H9ClN2O2. The van der Waals surface area contributed by atoms with Gasteiger partial charge in [-0.15, -0.1) is 0 Å². The second kappa shape index (κ2) is 4.93. The van der Waals surface area contributed by atoms with Crippen molar-refractivity contribution in [3.05, 3.63) is 53.1 Å². The van der Waals surface area contributed by atoms with Crippen LogP contribution >= 0.6 is 11.6 Å². The van der Waals surface area contributed by atoms with E-state index in [2.05, 4.69) is 9.97 Å². The SMILES string of the molecule is COc1cncc(C(=O)c2ccc(Cl)nc2)c1. The van der Waals surface area contributed by atoms with Crippen molar-refractivity contribution in [1.29, 1.82) is 0 Å². The quantitative estimate of drug-likeness (QED) is 0.618. The van der Waals surface area contributed by atoms with Gasteiger partial charge in [0.05, 0.1) is 13.3 Å². The molecule has 0 atom stereocenters. The number of pyridine rings is 2. The summed E-state index contributed by atoms with van der Waals surface area (Å²) in [4.78, 5) is 19.8. The highest BCUT2D eigenvalue weighted by Crippen LogP contribution is 2.15. The highest BCUT2D eigenvalue weighted by atomic mass is 35.5. The summed E-state index contributed by atoms with van der Waals surface area (Å²) in [6, 6.07) is 4.82. The molecule has 17 heavy (non-hydrogen) atoms. The largest absolute Gasteiger partial charge is 0.495 e. The Hall–Kier alpha value is -1.94. The van der Waals surface area contributed by atoms with E-state index in [4.69, 9.17) is 16.3 Å². The maximum atomic E-state index is 12.0. The topological polar surface area (TPSA) is 52.1 Å². The molecule has 5 heteroatoms. The van der Waals surface area contributed by atoms with Crippen LogP contribution < -0.4 is 4.74 Å². The van der Waals surface area contributed by atoms with Crippen LogP contribution in [-0.4, -0.2) is 22.9 Å². The Balaban J connectivity index is 2.33. The summed E-state index contributed by atoms with van der Waals surface area (Å²) < 4.78 is 5.01. The van der Waals surface area contributed by atoms with E-state index in [1.54, 1.807) is 18.2 Å². The number of ketones is 1. The molecule has 4 nitrogen and oxygen atoms in total. The number of carbonyl (C=O) groups excluding carboxylic acids is 1. The lowest BCUT2D eigenvalue weighted by molar-refractivity contribution is 0.103. The molecule has 2 aromatic rings. The molecule has 0 aliphatic heterocycles. The summed E-state index contributed by atoms with van der Waals surface area (Å²) in [7, 11) is 1.52. The van der Waals surface area contributed by atoms with Gasteiger partial charge in [-0.1, -0.05) is 11.6 Å². The molecular weight excluding hydrogens is 240 g/mol. The smallest absolute Gasteiger partial charge is 0.196 e. The van der Waals surface area contributed by atoms with Crippen LogP contribution in [0.5, 0.6) is 5.75 Å². The van der Waals surface area contributed by atoms with Gasteiger partial charge in [0, 0.05) is 23.5 Å². The third kappa shape index (κ3) is 2.60. The maximum Gasteiger partial charge on any atom is 0.196 e. The zero-order valence-corrected chi connectivity index (χ0v) is 9.81. The number of hydrogen-bond acceptors (Lipinski definition) is 4. The molecule has 0 radical (unpaired) electrons. The molecule has 0 amide bonds. The van der Waals surface area contributed by atoms with Crippen molar-refractivity contribution in [3.8, 4) is 5.75 Å². The molecule has 2 aromatic heterocycles. The van der Waals surface area contributed by atoms with Gasteiger partial charge < -0.3 is 4.74 Å². The van der Waals surface area contributed by atoms with Crippen molar-refractivity contribution in [1.82, 2.24) is 9.97 Å². The molecule has 0 fully saturated rings. The minimum Gasteiger partial charge on any atom is -0.495 e. The summed E-state index contributed by atoms with van der Waals surface area (Å²) in [6.07, 6.45) is 4.46. The van der Waals surface area contributed by atoms with Gasteiger partial charge in [0.15, 0.2) is 5.78 Å². The van der Waals surface area contributed by atoms with E-state index < -0.39 is 0 Å². The van der Waals surface area contributed by atoms with Gasteiger partial charge in [0.2, 0.25) is 0 Å². The highest BCUT2D eigenvalue weighted by Gasteiger charge is 2.10. The van der Waals surface area contributed by atoms with Crippen LogP contribution in [0.3, 0.4) is 0 Å². The minimum atomic E-state index is -0.166. The number of aromatic nitrogens is 2. The van der Waals surface area contributed by atoms with Gasteiger partial charge in [0.25, 0.3) is 0 Å². The number of methoxy groups -OCH3 is 1. The monoisotopic (exact) mass is 248 g/mol. The lowest BCUT2D eigenvalue weighted by atomic mass is 10.1. The second-order valence-corrected chi connectivity index (χ2v) is 3.70. The summed E-state index contributed by atoms with van der Waals surface area (Å²) in [5.74, 6) is 0.373. The van der Waals surface area contributed by atoms with Gasteiger partial charge in [0.1, 0.15) is 10.9 Å². The fraction of sp³-hybridized carbons (Fsp3) is 0.0833. The van der Waals surface area contributed by atoms with Crippen molar-refractivity contribution in [2.24, 2.45) is 0 Å². The predicted octanol–water partition coefficient (Wildman–Crippen LogP) is 2.37. The lowest BCUT2D eigenvalue weighted by Gasteiger charge is -2.03. The Bertz CT molecular complexity index is 540. The Kier molecular flexibility index (Phi) is 3.35. The van der Waals surface area contributed by atoms with Gasteiger partial charge in [-0.05, 0) is 18.2 Å². The van der Waals surface area contributed by atoms with E-state index in [9.17, 15) is 4.79 Å². The number of halogens is 1. The molecule has 0 aromatic carbocycles. The van der Waals surface area contributed by atoms with E-state index in [1.165, 1.54) is 25.7 Å². The molecule has 0 N–H and O–H groups in total. The molecule has 0 spiro atoms. The first-order chi connectivity index (χ1) is 8.20. The number of hydrogen-bond donors (Lipinski definition) is 0. The fourth-order valence-corrected chi connectivity index (χ4v) is 1.44.